The van der Waals surface area contributed by atoms with Crippen LogP contribution >= 0.6 is 0 Å². The van der Waals surface area contributed by atoms with E-state index in [1.807, 2.05) is 30.3 Å². The van der Waals surface area contributed by atoms with Crippen molar-refractivity contribution in [2.24, 2.45) is 0 Å². The van der Waals surface area contributed by atoms with E-state index in [1.165, 1.54) is 11.1 Å². The van der Waals surface area contributed by atoms with E-state index in [-0.39, 0.29) is 11.9 Å². The van der Waals surface area contributed by atoms with Crippen LogP contribution in [-0.4, -0.2) is 16.9 Å². The number of aromatic nitrogens is 1. The van der Waals surface area contributed by atoms with Gasteiger partial charge in [0.25, 0.3) is 5.91 Å². The first kappa shape index (κ1) is 12.5. The Hall–Kier alpha value is -2.29. The topological polar surface area (TPSA) is 44.9 Å². The molecule has 21 heavy (non-hydrogen) atoms. The summed E-state index contributed by atoms with van der Waals surface area (Å²) in [5.41, 5.74) is 4.52. The van der Waals surface area contributed by atoms with Crippen LogP contribution in [0.4, 0.5) is 0 Å². The number of hydrogen-bond acceptors (Lipinski definition) is 1. The van der Waals surface area contributed by atoms with Crippen LogP contribution in [0.25, 0.3) is 10.9 Å². The van der Waals surface area contributed by atoms with Gasteiger partial charge in [-0.1, -0.05) is 30.4 Å². The van der Waals surface area contributed by atoms with Gasteiger partial charge in [0.15, 0.2) is 0 Å². The third-order valence-electron chi connectivity index (χ3n) is 4.51. The minimum absolute atomic E-state index is 0.000460. The molecule has 0 saturated carbocycles. The van der Waals surface area contributed by atoms with Crippen LogP contribution in [0.3, 0.4) is 0 Å². The van der Waals surface area contributed by atoms with Crippen molar-refractivity contribution in [1.82, 2.24) is 10.3 Å². The minimum Gasteiger partial charge on any atom is -0.351 e. The molecule has 0 spiro atoms. The molecule has 1 unspecified atom stereocenters. The van der Waals surface area contributed by atoms with Gasteiger partial charge in [0, 0.05) is 10.9 Å². The van der Waals surface area contributed by atoms with Crippen molar-refractivity contribution in [3.63, 3.8) is 0 Å². The van der Waals surface area contributed by atoms with Crippen LogP contribution in [-0.2, 0) is 0 Å². The molecule has 3 heteroatoms. The number of H-pyrrole nitrogens is 1. The fourth-order valence-corrected chi connectivity index (χ4v) is 3.44. The predicted octanol–water partition coefficient (Wildman–Crippen LogP) is 3.71. The Morgan fingerprint density at radius 2 is 2.14 bits per heavy atom. The molecule has 1 aromatic heterocycles. The molecule has 3 nitrogen and oxygen atoms in total. The Bertz CT molecular complexity index is 733. The molecule has 1 heterocycles. The lowest BCUT2D eigenvalue weighted by Gasteiger charge is -2.18. The largest absolute Gasteiger partial charge is 0.351 e. The van der Waals surface area contributed by atoms with Crippen molar-refractivity contribution in [3.8, 4) is 0 Å². The average molecular weight is 278 g/mol. The van der Waals surface area contributed by atoms with Crippen molar-refractivity contribution in [2.45, 2.75) is 31.7 Å². The van der Waals surface area contributed by atoms with Gasteiger partial charge in [-0.05, 0) is 49.0 Å². The summed E-state index contributed by atoms with van der Waals surface area (Å²) >= 11 is 0. The van der Waals surface area contributed by atoms with E-state index in [0.717, 1.165) is 36.6 Å². The number of carbonyl (C=O) groups is 1. The molecule has 1 aromatic carbocycles. The number of hydrogen-bond donors (Lipinski definition) is 2. The average Bonchev–Trinajstić information content (AvgIpc) is 3.11. The first-order valence-corrected chi connectivity index (χ1v) is 7.58. The summed E-state index contributed by atoms with van der Waals surface area (Å²) in [7, 11) is 0. The predicted molar refractivity (Wildman–Crippen MR) is 84.2 cm³/mol. The quantitative estimate of drug-likeness (QED) is 0.864. The Labute approximate surface area is 123 Å². The number of amides is 1. The maximum absolute atomic E-state index is 12.5. The summed E-state index contributed by atoms with van der Waals surface area (Å²) in [5, 5.41) is 4.27. The molecule has 1 atom stereocenters. The molecular formula is C18H18N2O. The highest BCUT2D eigenvalue weighted by molar-refractivity contribution is 5.98. The highest BCUT2D eigenvalue weighted by atomic mass is 16.1. The summed E-state index contributed by atoms with van der Waals surface area (Å²) in [6.45, 7) is 0. The first-order chi connectivity index (χ1) is 10.3. The van der Waals surface area contributed by atoms with E-state index >= 15 is 0 Å². The van der Waals surface area contributed by atoms with Gasteiger partial charge in [-0.3, -0.25) is 4.79 Å². The van der Waals surface area contributed by atoms with Crippen LogP contribution in [0.5, 0.6) is 0 Å². The van der Waals surface area contributed by atoms with E-state index < -0.39 is 0 Å². The second kappa shape index (κ2) is 4.92. The van der Waals surface area contributed by atoms with E-state index in [2.05, 4.69) is 22.5 Å². The molecule has 0 fully saturated rings. The molecule has 2 aliphatic carbocycles. The molecule has 2 N–H and O–H groups in total. The van der Waals surface area contributed by atoms with Crippen LogP contribution in [0.15, 0.2) is 53.6 Å². The van der Waals surface area contributed by atoms with Crippen molar-refractivity contribution in [3.05, 3.63) is 59.3 Å². The Morgan fingerprint density at radius 3 is 3.05 bits per heavy atom. The van der Waals surface area contributed by atoms with Gasteiger partial charge in [0.2, 0.25) is 0 Å². The van der Waals surface area contributed by atoms with Crippen LogP contribution in [0.1, 0.15) is 36.2 Å². The number of aromatic amines is 1. The Morgan fingerprint density at radius 1 is 1.24 bits per heavy atom. The lowest BCUT2D eigenvalue weighted by Crippen LogP contribution is -2.35. The van der Waals surface area contributed by atoms with Gasteiger partial charge in [0.05, 0.1) is 6.04 Å². The fourth-order valence-electron chi connectivity index (χ4n) is 3.44. The maximum Gasteiger partial charge on any atom is 0.268 e. The minimum atomic E-state index is -0.000460. The number of benzene rings is 1. The Kier molecular flexibility index (Phi) is 2.92. The first-order valence-electron chi connectivity index (χ1n) is 7.58. The highest BCUT2D eigenvalue weighted by Gasteiger charge is 2.27. The molecule has 2 aromatic rings. The van der Waals surface area contributed by atoms with Crippen LogP contribution in [0.2, 0.25) is 0 Å². The zero-order valence-electron chi connectivity index (χ0n) is 11.9. The normalized spacial score (nSPS) is 20.9. The molecule has 106 valence electrons. The summed E-state index contributed by atoms with van der Waals surface area (Å²) in [5.74, 6) is -0.000460. The van der Waals surface area contributed by atoms with Crippen LogP contribution < -0.4 is 5.32 Å². The molecule has 0 saturated heterocycles. The number of allylic oxidation sites excluding steroid dienone is 3. The van der Waals surface area contributed by atoms with Gasteiger partial charge in [-0.15, -0.1) is 0 Å². The second-order valence-electron chi connectivity index (χ2n) is 5.83. The number of carbonyl (C=O) groups excluding carboxylic acids is 1. The third-order valence-corrected chi connectivity index (χ3v) is 4.51. The van der Waals surface area contributed by atoms with Gasteiger partial charge >= 0.3 is 0 Å². The van der Waals surface area contributed by atoms with E-state index in [1.54, 1.807) is 0 Å². The molecule has 0 bridgehead atoms. The summed E-state index contributed by atoms with van der Waals surface area (Å²) in [4.78, 5) is 15.7. The lowest BCUT2D eigenvalue weighted by molar-refractivity contribution is 0.0938. The van der Waals surface area contributed by atoms with E-state index in [4.69, 9.17) is 0 Å². The molecule has 0 aliphatic heterocycles. The van der Waals surface area contributed by atoms with Crippen molar-refractivity contribution in [1.29, 1.82) is 0 Å². The maximum atomic E-state index is 12.5. The number of fused-ring (bicyclic) bond motifs is 1. The molecular weight excluding hydrogens is 260 g/mol. The van der Waals surface area contributed by atoms with Crippen LogP contribution in [0, 0.1) is 0 Å². The zero-order chi connectivity index (χ0) is 14.2. The molecule has 4 rings (SSSR count). The standard InChI is InChI=1S/C18H18N2O/c21-18(17-11-13-6-2-4-8-15(13)19-17)20-16-10-9-12-5-1-3-7-14(12)16/h1-2,4-6,8,11,16,19H,3,7,9-10H2,(H,20,21). The SMILES string of the molecule is O=C(NC1CCC2=C1CCC=C2)c1cc2ccccc2[nH]1. The van der Waals surface area contributed by atoms with Gasteiger partial charge < -0.3 is 10.3 Å². The molecule has 1 amide bonds. The van der Waals surface area contributed by atoms with Gasteiger partial charge in [-0.25, -0.2) is 0 Å². The van der Waals surface area contributed by atoms with Crippen molar-refractivity contribution >= 4 is 16.8 Å². The third kappa shape index (κ3) is 2.19. The van der Waals surface area contributed by atoms with Crippen molar-refractivity contribution in [2.75, 3.05) is 0 Å². The summed E-state index contributed by atoms with van der Waals surface area (Å²) in [6.07, 6.45) is 8.76. The zero-order valence-corrected chi connectivity index (χ0v) is 11.9. The molecule has 0 radical (unpaired) electrons. The van der Waals surface area contributed by atoms with Gasteiger partial charge in [0.1, 0.15) is 5.69 Å². The Balaban J connectivity index is 1.56. The monoisotopic (exact) mass is 278 g/mol. The van der Waals surface area contributed by atoms with E-state index in [0.29, 0.717) is 5.69 Å². The number of rotatable bonds is 2. The highest BCUT2D eigenvalue weighted by Crippen LogP contribution is 2.33. The number of nitrogens with one attached hydrogen (secondary N) is 2. The fraction of sp³-hybridized carbons (Fsp3) is 0.278. The lowest BCUT2D eigenvalue weighted by atomic mass is 9.98. The van der Waals surface area contributed by atoms with Crippen molar-refractivity contribution < 1.29 is 4.79 Å². The molecule has 2 aliphatic rings. The van der Waals surface area contributed by atoms with Gasteiger partial charge in [-0.2, -0.15) is 0 Å². The smallest absolute Gasteiger partial charge is 0.268 e. The number of para-hydroxylation sites is 1. The summed E-state index contributed by atoms with van der Waals surface area (Å²) in [6, 6.07) is 10.1. The summed E-state index contributed by atoms with van der Waals surface area (Å²) < 4.78 is 0. The van der Waals surface area contributed by atoms with E-state index in [9.17, 15) is 4.79 Å². The second-order valence-corrected chi connectivity index (χ2v) is 5.83.